The molecule has 9 nitrogen and oxygen atoms in total. The average molecular weight is 643 g/mol. The third-order valence-electron chi connectivity index (χ3n) is 9.51. The van der Waals surface area contributed by atoms with Crippen LogP contribution in [0.3, 0.4) is 0 Å². The number of amides is 1. The minimum atomic E-state index is -0.0897. The normalized spacial score (nSPS) is 15.4. The maximum Gasteiger partial charge on any atom is 0.326 e. The summed E-state index contributed by atoms with van der Waals surface area (Å²) in [7, 11) is 0. The van der Waals surface area contributed by atoms with E-state index in [1.165, 1.54) is 5.56 Å². The van der Waals surface area contributed by atoms with Crippen LogP contribution in [0.15, 0.2) is 107 Å². The molecule has 2 aliphatic heterocycles. The quantitative estimate of drug-likeness (QED) is 0.150. The molecule has 7 rings (SSSR count). The van der Waals surface area contributed by atoms with Crippen molar-refractivity contribution in [2.75, 3.05) is 31.1 Å². The van der Waals surface area contributed by atoms with E-state index in [-0.39, 0.29) is 24.2 Å². The number of aliphatic imine (C=N–C) groups is 1. The lowest BCUT2D eigenvalue weighted by atomic mass is 10.0. The van der Waals surface area contributed by atoms with Gasteiger partial charge in [-0.15, -0.1) is 0 Å². The van der Waals surface area contributed by atoms with E-state index >= 15 is 0 Å². The molecule has 0 atom stereocenters. The van der Waals surface area contributed by atoms with Crippen LogP contribution in [0.5, 0.6) is 0 Å². The summed E-state index contributed by atoms with van der Waals surface area (Å²) in [6.07, 6.45) is 4.36. The number of imidazole rings is 1. The Morgan fingerprint density at radius 2 is 1.67 bits per heavy atom. The Morgan fingerprint density at radius 3 is 2.46 bits per heavy atom. The van der Waals surface area contributed by atoms with E-state index in [1.807, 2.05) is 65.2 Å². The van der Waals surface area contributed by atoms with Gasteiger partial charge in [0.05, 0.1) is 23.3 Å². The van der Waals surface area contributed by atoms with Crippen LogP contribution in [0.4, 0.5) is 11.4 Å². The van der Waals surface area contributed by atoms with Crippen molar-refractivity contribution in [2.24, 2.45) is 4.99 Å². The molecule has 246 valence electrons. The van der Waals surface area contributed by atoms with Crippen LogP contribution < -0.4 is 15.9 Å². The van der Waals surface area contributed by atoms with E-state index in [0.717, 1.165) is 91.1 Å². The van der Waals surface area contributed by atoms with Crippen LogP contribution in [0.2, 0.25) is 0 Å². The number of rotatable bonds is 11. The molecule has 0 bridgehead atoms. The number of fused-ring (bicyclic) bond motifs is 2. The van der Waals surface area contributed by atoms with Crippen molar-refractivity contribution in [1.82, 2.24) is 19.8 Å². The molecule has 4 aromatic carbocycles. The summed E-state index contributed by atoms with van der Waals surface area (Å²) in [6, 6.07) is 32.8. The SMILES string of the molecule is O=C(NCCCCCO)c1ccc2c(c1)CN(c1ccc(CN3CCC(n4c(=O)[nH]c5ccccc54)CC3)cc1)C(c1ccccc1)=N2. The minimum Gasteiger partial charge on any atom is -0.396 e. The average Bonchev–Trinajstić information content (AvgIpc) is 3.47. The van der Waals surface area contributed by atoms with E-state index in [9.17, 15) is 9.59 Å². The van der Waals surface area contributed by atoms with Gasteiger partial charge < -0.3 is 20.3 Å². The number of para-hydroxylation sites is 2. The minimum absolute atomic E-state index is 0.0196. The molecule has 0 saturated carbocycles. The van der Waals surface area contributed by atoms with Gasteiger partial charge in [0, 0.05) is 55.6 Å². The predicted molar refractivity (Wildman–Crippen MR) is 191 cm³/mol. The van der Waals surface area contributed by atoms with E-state index in [2.05, 4.69) is 56.5 Å². The monoisotopic (exact) mass is 642 g/mol. The molecule has 3 heterocycles. The van der Waals surface area contributed by atoms with Gasteiger partial charge in [-0.1, -0.05) is 54.6 Å². The van der Waals surface area contributed by atoms with Gasteiger partial charge in [0.2, 0.25) is 0 Å². The molecule has 0 spiro atoms. The second-order valence-electron chi connectivity index (χ2n) is 12.8. The number of H-pyrrole nitrogens is 1. The van der Waals surface area contributed by atoms with Crippen molar-refractivity contribution in [2.45, 2.75) is 51.2 Å². The van der Waals surface area contributed by atoms with Gasteiger partial charge in [0.15, 0.2) is 0 Å². The molecular weight excluding hydrogens is 600 g/mol. The summed E-state index contributed by atoms with van der Waals surface area (Å²) in [5.74, 6) is 0.791. The number of nitrogens with one attached hydrogen (secondary N) is 2. The van der Waals surface area contributed by atoms with Crippen LogP contribution in [0.1, 0.15) is 65.2 Å². The summed E-state index contributed by atoms with van der Waals surface area (Å²) in [5.41, 5.74) is 7.70. The molecule has 9 heteroatoms. The second kappa shape index (κ2) is 14.4. The maximum atomic E-state index is 12.9. The number of likely N-dealkylation sites (tertiary alicyclic amines) is 1. The molecule has 0 aliphatic carbocycles. The molecule has 3 N–H and O–H groups in total. The zero-order valence-electron chi connectivity index (χ0n) is 27.1. The number of aromatic amines is 1. The third kappa shape index (κ3) is 6.83. The zero-order chi connectivity index (χ0) is 32.9. The van der Waals surface area contributed by atoms with Crippen molar-refractivity contribution in [3.63, 3.8) is 0 Å². The van der Waals surface area contributed by atoms with Gasteiger partial charge in [0.25, 0.3) is 5.91 Å². The highest BCUT2D eigenvalue weighted by molar-refractivity contribution is 6.12. The lowest BCUT2D eigenvalue weighted by Gasteiger charge is -2.33. The van der Waals surface area contributed by atoms with E-state index in [0.29, 0.717) is 18.7 Å². The smallest absolute Gasteiger partial charge is 0.326 e. The van der Waals surface area contributed by atoms with E-state index in [4.69, 9.17) is 10.1 Å². The van der Waals surface area contributed by atoms with Crippen molar-refractivity contribution in [1.29, 1.82) is 0 Å². The first kappa shape index (κ1) is 31.6. The van der Waals surface area contributed by atoms with Crippen molar-refractivity contribution >= 4 is 34.2 Å². The van der Waals surface area contributed by atoms with Gasteiger partial charge in [0.1, 0.15) is 5.84 Å². The lowest BCUT2D eigenvalue weighted by molar-refractivity contribution is 0.0952. The van der Waals surface area contributed by atoms with Crippen LogP contribution in [0.25, 0.3) is 11.0 Å². The number of carbonyl (C=O) groups excluding carboxylic acids is 1. The summed E-state index contributed by atoms with van der Waals surface area (Å²) < 4.78 is 1.94. The Balaban J connectivity index is 1.04. The highest BCUT2D eigenvalue weighted by Crippen LogP contribution is 2.33. The second-order valence-corrected chi connectivity index (χ2v) is 12.8. The highest BCUT2D eigenvalue weighted by atomic mass is 16.3. The molecule has 1 saturated heterocycles. The number of piperidine rings is 1. The summed E-state index contributed by atoms with van der Waals surface area (Å²) in [5, 5.41) is 12.0. The standard InChI is InChI=1S/C39H42N6O3/c46-24-8-2-7-21-40-38(47)30-15-18-34-31(25-30)27-44(37(41-34)29-9-3-1-4-10-29)32-16-13-28(14-17-32)26-43-22-19-33(20-23-43)45-36-12-6-5-11-35(36)42-39(45)48/h1,3-6,9-18,25,33,46H,2,7-8,19-24,26-27H2,(H,40,47)(H,42,48). The van der Waals surface area contributed by atoms with Gasteiger partial charge >= 0.3 is 5.69 Å². The summed E-state index contributed by atoms with van der Waals surface area (Å²) in [6.45, 7) is 4.10. The van der Waals surface area contributed by atoms with Crippen molar-refractivity contribution in [3.8, 4) is 0 Å². The summed E-state index contributed by atoms with van der Waals surface area (Å²) in [4.78, 5) is 38.4. The van der Waals surface area contributed by atoms with Gasteiger partial charge in [-0.3, -0.25) is 14.3 Å². The predicted octanol–water partition coefficient (Wildman–Crippen LogP) is 6.16. The molecule has 1 fully saturated rings. The maximum absolute atomic E-state index is 12.9. The number of carbonyl (C=O) groups is 1. The molecular formula is C39H42N6O3. The van der Waals surface area contributed by atoms with Crippen LogP contribution in [-0.2, 0) is 13.1 Å². The van der Waals surface area contributed by atoms with Gasteiger partial charge in [-0.2, -0.15) is 0 Å². The number of hydrogen-bond acceptors (Lipinski definition) is 6. The Morgan fingerprint density at radius 1 is 0.896 bits per heavy atom. The first-order valence-electron chi connectivity index (χ1n) is 17.0. The molecule has 48 heavy (non-hydrogen) atoms. The molecule has 5 aromatic rings. The first-order chi connectivity index (χ1) is 23.6. The Hall–Kier alpha value is -4.99. The van der Waals surface area contributed by atoms with Crippen LogP contribution >= 0.6 is 0 Å². The Bertz CT molecular complexity index is 1960. The number of nitrogens with zero attached hydrogens (tertiary/aromatic N) is 4. The number of aromatic nitrogens is 2. The van der Waals surface area contributed by atoms with Crippen LogP contribution in [-0.4, -0.2) is 57.5 Å². The molecule has 1 amide bonds. The molecule has 0 unspecified atom stereocenters. The Kier molecular flexibility index (Phi) is 9.49. The fourth-order valence-corrected chi connectivity index (χ4v) is 6.93. The third-order valence-corrected chi connectivity index (χ3v) is 9.51. The number of benzene rings is 4. The zero-order valence-corrected chi connectivity index (χ0v) is 27.1. The largest absolute Gasteiger partial charge is 0.396 e. The number of amidine groups is 1. The van der Waals surface area contributed by atoms with Crippen LogP contribution in [0, 0.1) is 0 Å². The first-order valence-corrected chi connectivity index (χ1v) is 17.0. The number of unbranched alkanes of at least 4 members (excludes halogenated alkanes) is 2. The van der Waals surface area contributed by atoms with Gasteiger partial charge in [-0.05, 0) is 85.7 Å². The molecule has 0 radical (unpaired) electrons. The number of anilines is 1. The number of hydrogen-bond donors (Lipinski definition) is 3. The lowest BCUT2D eigenvalue weighted by Crippen LogP contribution is -2.36. The van der Waals surface area contributed by atoms with Crippen molar-refractivity contribution < 1.29 is 9.90 Å². The van der Waals surface area contributed by atoms with Crippen molar-refractivity contribution in [3.05, 3.63) is 130 Å². The summed E-state index contributed by atoms with van der Waals surface area (Å²) >= 11 is 0. The number of aliphatic hydroxyl groups is 1. The van der Waals surface area contributed by atoms with E-state index < -0.39 is 0 Å². The van der Waals surface area contributed by atoms with Gasteiger partial charge in [-0.25, -0.2) is 9.79 Å². The fraction of sp³-hybridized carbons (Fsp3) is 0.308. The Labute approximate surface area is 280 Å². The fourth-order valence-electron chi connectivity index (χ4n) is 6.93. The highest BCUT2D eigenvalue weighted by Gasteiger charge is 2.25. The topological polar surface area (TPSA) is 106 Å². The van der Waals surface area contributed by atoms with E-state index in [1.54, 1.807) is 0 Å². The molecule has 2 aliphatic rings. The number of aliphatic hydroxyl groups excluding tert-OH is 1. The molecule has 1 aromatic heterocycles.